The highest BCUT2D eigenvalue weighted by atomic mass is 16.5. The smallest absolute Gasteiger partial charge is 0.324 e. The van der Waals surface area contributed by atoms with Crippen LogP contribution in [0.3, 0.4) is 0 Å². The van der Waals surface area contributed by atoms with E-state index in [0.717, 1.165) is 11.1 Å². The third-order valence-corrected chi connectivity index (χ3v) is 5.08. The van der Waals surface area contributed by atoms with Crippen molar-refractivity contribution in [2.24, 2.45) is 0 Å². The van der Waals surface area contributed by atoms with E-state index in [4.69, 9.17) is 9.47 Å². The molecule has 1 heterocycles. The van der Waals surface area contributed by atoms with Crippen LogP contribution in [-0.4, -0.2) is 48.3 Å². The van der Waals surface area contributed by atoms with E-state index in [1.807, 2.05) is 70.7 Å². The van der Waals surface area contributed by atoms with Gasteiger partial charge in [0.2, 0.25) is 0 Å². The van der Waals surface area contributed by atoms with Gasteiger partial charge in [-0.1, -0.05) is 60.7 Å². The summed E-state index contributed by atoms with van der Waals surface area (Å²) < 4.78 is 10.1. The number of benzene rings is 2. The second-order valence-electron chi connectivity index (χ2n) is 6.82. The molecule has 6 heteroatoms. The standard InChI is InChI=1S/C22H26N2O4/c1-27-21(25)19-13-14-20(22(26)28-2)24(16-18-11-7-4-8-12-18)23(19)15-17-9-5-3-6-10-17/h3-12,19-20H,13-16H2,1-2H3/t19-,20+. The lowest BCUT2D eigenvalue weighted by molar-refractivity contribution is -0.188. The number of carbonyl (C=O) groups is 2. The van der Waals surface area contributed by atoms with Crippen LogP contribution in [0.25, 0.3) is 0 Å². The molecule has 2 atom stereocenters. The van der Waals surface area contributed by atoms with E-state index in [1.165, 1.54) is 14.2 Å². The maximum Gasteiger partial charge on any atom is 0.324 e. The van der Waals surface area contributed by atoms with Crippen molar-refractivity contribution in [3.8, 4) is 0 Å². The lowest BCUT2D eigenvalue weighted by Gasteiger charge is -2.46. The molecular formula is C22H26N2O4. The lowest BCUT2D eigenvalue weighted by Crippen LogP contribution is -2.61. The highest BCUT2D eigenvalue weighted by molar-refractivity contribution is 5.78. The van der Waals surface area contributed by atoms with Gasteiger partial charge in [0.1, 0.15) is 12.1 Å². The Kier molecular flexibility index (Phi) is 6.79. The lowest BCUT2D eigenvalue weighted by atomic mass is 9.99. The number of esters is 2. The van der Waals surface area contributed by atoms with E-state index in [2.05, 4.69) is 0 Å². The number of hydrogen-bond acceptors (Lipinski definition) is 6. The minimum Gasteiger partial charge on any atom is -0.468 e. The Balaban J connectivity index is 1.97. The van der Waals surface area contributed by atoms with Gasteiger partial charge in [-0.2, -0.15) is 0 Å². The Morgan fingerprint density at radius 1 is 0.750 bits per heavy atom. The van der Waals surface area contributed by atoms with Crippen LogP contribution in [0.2, 0.25) is 0 Å². The van der Waals surface area contributed by atoms with Crippen molar-refractivity contribution in [2.45, 2.75) is 38.0 Å². The van der Waals surface area contributed by atoms with E-state index in [-0.39, 0.29) is 11.9 Å². The molecule has 0 radical (unpaired) electrons. The van der Waals surface area contributed by atoms with Crippen molar-refractivity contribution < 1.29 is 19.1 Å². The van der Waals surface area contributed by atoms with Gasteiger partial charge in [0.15, 0.2) is 0 Å². The first kappa shape index (κ1) is 20.0. The number of methoxy groups -OCH3 is 2. The molecule has 6 nitrogen and oxygen atoms in total. The molecule has 148 valence electrons. The van der Waals surface area contributed by atoms with Crippen molar-refractivity contribution in [3.63, 3.8) is 0 Å². The van der Waals surface area contributed by atoms with Crippen LogP contribution in [-0.2, 0) is 32.2 Å². The zero-order valence-corrected chi connectivity index (χ0v) is 16.3. The molecule has 1 aliphatic rings. The molecule has 1 fully saturated rings. The predicted octanol–water partition coefficient (Wildman–Crippen LogP) is 2.78. The first-order chi connectivity index (χ1) is 13.6. The molecule has 3 rings (SSSR count). The van der Waals surface area contributed by atoms with Gasteiger partial charge in [0.25, 0.3) is 0 Å². The van der Waals surface area contributed by atoms with Crippen molar-refractivity contribution in [2.75, 3.05) is 14.2 Å². The first-order valence-electron chi connectivity index (χ1n) is 9.40. The van der Waals surface area contributed by atoms with E-state index in [9.17, 15) is 9.59 Å². The second-order valence-corrected chi connectivity index (χ2v) is 6.82. The Morgan fingerprint density at radius 3 is 1.43 bits per heavy atom. The van der Waals surface area contributed by atoms with Crippen LogP contribution in [0.5, 0.6) is 0 Å². The van der Waals surface area contributed by atoms with E-state index in [1.54, 1.807) is 0 Å². The number of nitrogens with zero attached hydrogens (tertiary/aromatic N) is 2. The normalized spacial score (nSPS) is 20.5. The summed E-state index contributed by atoms with van der Waals surface area (Å²) in [6.07, 6.45) is 1.06. The SMILES string of the molecule is COC(=O)[C@H]1CC[C@@H](C(=O)OC)N(Cc2ccccc2)N1Cc1ccccc1. The van der Waals surface area contributed by atoms with Crippen molar-refractivity contribution in [3.05, 3.63) is 71.8 Å². The Hall–Kier alpha value is -2.70. The molecule has 0 bridgehead atoms. The van der Waals surface area contributed by atoms with Crippen LogP contribution in [0.15, 0.2) is 60.7 Å². The van der Waals surface area contributed by atoms with Crippen LogP contribution in [0, 0.1) is 0 Å². The molecule has 0 N–H and O–H groups in total. The molecule has 0 saturated carbocycles. The molecule has 1 aliphatic heterocycles. The average molecular weight is 382 g/mol. The van der Waals surface area contributed by atoms with Crippen molar-refractivity contribution in [1.29, 1.82) is 0 Å². The highest BCUT2D eigenvalue weighted by Gasteiger charge is 2.42. The van der Waals surface area contributed by atoms with E-state index >= 15 is 0 Å². The molecule has 0 aromatic heterocycles. The Bertz CT molecular complexity index is 714. The summed E-state index contributed by atoms with van der Waals surface area (Å²) in [6.45, 7) is 1.00. The number of hydrazine groups is 1. The summed E-state index contributed by atoms with van der Waals surface area (Å²) in [4.78, 5) is 25.0. The van der Waals surface area contributed by atoms with Gasteiger partial charge in [0.05, 0.1) is 14.2 Å². The molecule has 0 amide bonds. The largest absolute Gasteiger partial charge is 0.468 e. The van der Waals surface area contributed by atoms with Crippen LogP contribution in [0.4, 0.5) is 0 Å². The van der Waals surface area contributed by atoms with Gasteiger partial charge < -0.3 is 9.47 Å². The maximum absolute atomic E-state index is 12.5. The summed E-state index contributed by atoms with van der Waals surface area (Å²) >= 11 is 0. The summed E-state index contributed by atoms with van der Waals surface area (Å²) in [5.74, 6) is -0.588. The van der Waals surface area contributed by atoms with Crippen molar-refractivity contribution >= 4 is 11.9 Å². The van der Waals surface area contributed by atoms with E-state index < -0.39 is 12.1 Å². The summed E-state index contributed by atoms with van der Waals surface area (Å²) in [6, 6.07) is 18.9. The van der Waals surface area contributed by atoms with Gasteiger partial charge in [-0.05, 0) is 24.0 Å². The summed E-state index contributed by atoms with van der Waals surface area (Å²) in [5.41, 5.74) is 2.11. The fraction of sp³-hybridized carbons (Fsp3) is 0.364. The maximum atomic E-state index is 12.5. The molecule has 2 aromatic carbocycles. The number of carbonyl (C=O) groups excluding carboxylic acids is 2. The Labute approximate surface area is 165 Å². The average Bonchev–Trinajstić information content (AvgIpc) is 2.75. The molecule has 2 aromatic rings. The molecule has 0 spiro atoms. The van der Waals surface area contributed by atoms with Crippen LogP contribution >= 0.6 is 0 Å². The topological polar surface area (TPSA) is 59.1 Å². The number of rotatable bonds is 6. The predicted molar refractivity (Wildman–Crippen MR) is 105 cm³/mol. The fourth-order valence-electron chi connectivity index (χ4n) is 3.67. The van der Waals surface area contributed by atoms with Crippen LogP contribution < -0.4 is 0 Å². The first-order valence-corrected chi connectivity index (χ1v) is 9.40. The molecule has 0 unspecified atom stereocenters. The van der Waals surface area contributed by atoms with Gasteiger partial charge in [-0.3, -0.25) is 9.59 Å². The quantitative estimate of drug-likeness (QED) is 0.716. The van der Waals surface area contributed by atoms with Crippen LogP contribution in [0.1, 0.15) is 24.0 Å². The number of hydrogen-bond donors (Lipinski definition) is 0. The van der Waals surface area contributed by atoms with Gasteiger partial charge in [0, 0.05) is 13.1 Å². The van der Waals surface area contributed by atoms with Gasteiger partial charge >= 0.3 is 11.9 Å². The van der Waals surface area contributed by atoms with Crippen molar-refractivity contribution in [1.82, 2.24) is 10.0 Å². The molecule has 0 aliphatic carbocycles. The Morgan fingerprint density at radius 2 is 1.11 bits per heavy atom. The summed E-state index contributed by atoms with van der Waals surface area (Å²) in [5, 5.41) is 3.92. The molecular weight excluding hydrogens is 356 g/mol. The zero-order chi connectivity index (χ0) is 19.9. The minimum absolute atomic E-state index is 0.294. The van der Waals surface area contributed by atoms with Gasteiger partial charge in [-0.15, -0.1) is 0 Å². The van der Waals surface area contributed by atoms with E-state index in [0.29, 0.717) is 25.9 Å². The number of ether oxygens (including phenoxy) is 2. The monoisotopic (exact) mass is 382 g/mol. The molecule has 1 saturated heterocycles. The second kappa shape index (κ2) is 9.48. The van der Waals surface area contributed by atoms with Gasteiger partial charge in [-0.25, -0.2) is 10.0 Å². The third-order valence-electron chi connectivity index (χ3n) is 5.08. The molecule has 28 heavy (non-hydrogen) atoms. The minimum atomic E-state index is -0.449. The summed E-state index contributed by atoms with van der Waals surface area (Å²) in [7, 11) is 2.80. The fourth-order valence-corrected chi connectivity index (χ4v) is 3.67. The third kappa shape index (κ3) is 4.58. The zero-order valence-electron chi connectivity index (χ0n) is 16.3. The highest BCUT2D eigenvalue weighted by Crippen LogP contribution is 2.29.